The van der Waals surface area contributed by atoms with Gasteiger partial charge in [0.25, 0.3) is 5.88 Å². The highest BCUT2D eigenvalue weighted by Gasteiger charge is 2.25. The minimum atomic E-state index is -1.04. The van der Waals surface area contributed by atoms with E-state index in [1.54, 1.807) is 0 Å². The Balaban J connectivity index is 2.87. The van der Waals surface area contributed by atoms with Crippen molar-refractivity contribution in [3.63, 3.8) is 0 Å². The van der Waals surface area contributed by atoms with Gasteiger partial charge < -0.3 is 15.2 Å². The number of hydrogen-bond donors (Lipinski definition) is 1. The Labute approximate surface area is 73.8 Å². The van der Waals surface area contributed by atoms with E-state index in [1.165, 1.54) is 14.2 Å². The van der Waals surface area contributed by atoms with Crippen LogP contribution < -0.4 is 10.5 Å². The molecule has 0 saturated heterocycles. The summed E-state index contributed by atoms with van der Waals surface area (Å²) in [5, 5.41) is 6.80. The highest BCUT2D eigenvalue weighted by molar-refractivity contribution is 5.77. The topological polar surface area (TPSA) is 100 Å². The Kier molecular flexibility index (Phi) is 2.80. The van der Waals surface area contributed by atoms with Crippen LogP contribution in [0.25, 0.3) is 0 Å². The molecule has 0 spiro atoms. The van der Waals surface area contributed by atoms with Gasteiger partial charge in [0.15, 0.2) is 11.7 Å². The first-order valence-corrected chi connectivity index (χ1v) is 3.40. The van der Waals surface area contributed by atoms with Crippen LogP contribution in [-0.2, 0) is 9.53 Å². The molecule has 0 aliphatic carbocycles. The van der Waals surface area contributed by atoms with Crippen LogP contribution in [0.1, 0.15) is 11.7 Å². The molecule has 0 aliphatic rings. The lowest BCUT2D eigenvalue weighted by atomic mass is 10.2. The highest BCUT2D eigenvalue weighted by Crippen LogP contribution is 2.19. The average molecular weight is 187 g/mol. The van der Waals surface area contributed by atoms with Gasteiger partial charge in [0.05, 0.1) is 14.2 Å². The first-order valence-electron chi connectivity index (χ1n) is 3.40. The Morgan fingerprint density at radius 3 is 2.77 bits per heavy atom. The molecule has 0 aromatic carbocycles. The van der Waals surface area contributed by atoms with E-state index in [-0.39, 0.29) is 11.6 Å². The molecule has 1 aromatic heterocycles. The van der Waals surface area contributed by atoms with Crippen LogP contribution in [0.3, 0.4) is 0 Å². The molecule has 0 radical (unpaired) electrons. The number of nitrogens with zero attached hydrogens (tertiary/aromatic N) is 2. The van der Waals surface area contributed by atoms with E-state index in [4.69, 9.17) is 10.5 Å². The minimum absolute atomic E-state index is 0.0814. The molecule has 7 heteroatoms. The van der Waals surface area contributed by atoms with Gasteiger partial charge in [0.2, 0.25) is 0 Å². The lowest BCUT2D eigenvalue weighted by Gasteiger charge is -2.05. The monoisotopic (exact) mass is 187 g/mol. The van der Waals surface area contributed by atoms with E-state index in [9.17, 15) is 4.79 Å². The van der Waals surface area contributed by atoms with Gasteiger partial charge >= 0.3 is 5.97 Å². The van der Waals surface area contributed by atoms with Crippen LogP contribution in [0.2, 0.25) is 0 Å². The lowest BCUT2D eigenvalue weighted by molar-refractivity contribution is -0.142. The summed E-state index contributed by atoms with van der Waals surface area (Å²) in [4.78, 5) is 11.0. The van der Waals surface area contributed by atoms with Crippen molar-refractivity contribution in [1.82, 2.24) is 10.3 Å². The van der Waals surface area contributed by atoms with E-state index in [2.05, 4.69) is 19.7 Å². The number of aromatic nitrogens is 2. The second-order valence-electron chi connectivity index (χ2n) is 2.16. The summed E-state index contributed by atoms with van der Waals surface area (Å²) in [5.74, 6) is -0.549. The van der Waals surface area contributed by atoms with Crippen molar-refractivity contribution in [2.75, 3.05) is 14.2 Å². The molecule has 0 fully saturated rings. The highest BCUT2D eigenvalue weighted by atomic mass is 16.6. The van der Waals surface area contributed by atoms with Crippen molar-refractivity contribution in [3.8, 4) is 5.88 Å². The van der Waals surface area contributed by atoms with Crippen LogP contribution in [0, 0.1) is 0 Å². The second kappa shape index (κ2) is 3.85. The lowest BCUT2D eigenvalue weighted by Crippen LogP contribution is -2.23. The summed E-state index contributed by atoms with van der Waals surface area (Å²) in [6, 6.07) is -1.04. The molecule has 0 aliphatic heterocycles. The molecular weight excluding hydrogens is 178 g/mol. The van der Waals surface area contributed by atoms with Gasteiger partial charge in [-0.15, -0.1) is 0 Å². The third-order valence-corrected chi connectivity index (χ3v) is 1.43. The van der Waals surface area contributed by atoms with Gasteiger partial charge in [-0.3, -0.25) is 0 Å². The van der Waals surface area contributed by atoms with Gasteiger partial charge in [-0.2, -0.15) is 0 Å². The molecule has 1 heterocycles. The van der Waals surface area contributed by atoms with Crippen molar-refractivity contribution in [2.24, 2.45) is 5.73 Å². The predicted molar refractivity (Wildman–Crippen MR) is 39.8 cm³/mol. The molecule has 0 amide bonds. The molecular formula is C6H9N3O4. The van der Waals surface area contributed by atoms with Gasteiger partial charge in [-0.25, -0.2) is 9.42 Å². The molecule has 1 atom stereocenters. The van der Waals surface area contributed by atoms with E-state index < -0.39 is 12.0 Å². The predicted octanol–water partition coefficient (Wildman–Crippen LogP) is -0.749. The van der Waals surface area contributed by atoms with Crippen LogP contribution >= 0.6 is 0 Å². The first kappa shape index (κ1) is 9.46. The first-order chi connectivity index (χ1) is 6.20. The number of ether oxygens (including phenoxy) is 2. The van der Waals surface area contributed by atoms with Crippen molar-refractivity contribution >= 4 is 5.97 Å². The smallest absolute Gasteiger partial charge is 0.329 e. The molecule has 7 nitrogen and oxygen atoms in total. The van der Waals surface area contributed by atoms with Crippen LogP contribution in [0.15, 0.2) is 4.63 Å². The van der Waals surface area contributed by atoms with Crippen molar-refractivity contribution in [2.45, 2.75) is 6.04 Å². The molecule has 1 aromatic rings. The number of methoxy groups -OCH3 is 2. The zero-order chi connectivity index (χ0) is 9.84. The van der Waals surface area contributed by atoms with E-state index >= 15 is 0 Å². The SMILES string of the molecule is COC(=O)C(N)c1nonc1OC. The standard InChI is InChI=1S/C6H9N3O4/c1-11-5-4(8-13-9-5)3(7)6(10)12-2/h3H,7H2,1-2H3. The summed E-state index contributed by atoms with van der Waals surface area (Å²) < 4.78 is 13.5. The fourth-order valence-electron chi connectivity index (χ4n) is 0.758. The molecule has 0 bridgehead atoms. The Bertz CT molecular complexity index is 298. The fourth-order valence-corrected chi connectivity index (χ4v) is 0.758. The third-order valence-electron chi connectivity index (χ3n) is 1.43. The Morgan fingerprint density at radius 1 is 1.54 bits per heavy atom. The zero-order valence-electron chi connectivity index (χ0n) is 7.18. The third kappa shape index (κ3) is 1.75. The van der Waals surface area contributed by atoms with Crippen molar-refractivity contribution < 1.29 is 18.9 Å². The normalized spacial score (nSPS) is 12.2. The van der Waals surface area contributed by atoms with Gasteiger partial charge in [0, 0.05) is 0 Å². The average Bonchev–Trinajstić information content (AvgIpc) is 2.62. The number of hydrogen-bond acceptors (Lipinski definition) is 7. The number of rotatable bonds is 3. The quantitative estimate of drug-likeness (QED) is 0.621. The maximum absolute atomic E-state index is 11.0. The summed E-state index contributed by atoms with van der Waals surface area (Å²) >= 11 is 0. The summed E-state index contributed by atoms with van der Waals surface area (Å²) in [6.45, 7) is 0. The van der Waals surface area contributed by atoms with Crippen LogP contribution in [0.5, 0.6) is 5.88 Å². The van der Waals surface area contributed by atoms with Gasteiger partial charge in [-0.1, -0.05) is 0 Å². The fraction of sp³-hybridized carbons (Fsp3) is 0.500. The molecule has 1 unspecified atom stereocenters. The molecule has 72 valence electrons. The molecule has 1 rings (SSSR count). The van der Waals surface area contributed by atoms with Gasteiger partial charge in [0.1, 0.15) is 0 Å². The molecule has 2 N–H and O–H groups in total. The summed E-state index contributed by atoms with van der Waals surface area (Å²) in [6.07, 6.45) is 0. The van der Waals surface area contributed by atoms with Gasteiger partial charge in [-0.05, 0) is 10.3 Å². The van der Waals surface area contributed by atoms with Crippen LogP contribution in [0.4, 0.5) is 0 Å². The van der Waals surface area contributed by atoms with Crippen molar-refractivity contribution in [3.05, 3.63) is 5.69 Å². The minimum Gasteiger partial charge on any atom is -0.477 e. The molecule has 0 saturated carbocycles. The molecule has 13 heavy (non-hydrogen) atoms. The van der Waals surface area contributed by atoms with Crippen molar-refractivity contribution in [1.29, 1.82) is 0 Å². The van der Waals surface area contributed by atoms with E-state index in [0.29, 0.717) is 0 Å². The number of nitrogens with two attached hydrogens (primary N) is 1. The van der Waals surface area contributed by atoms with E-state index in [1.807, 2.05) is 0 Å². The zero-order valence-corrected chi connectivity index (χ0v) is 7.18. The maximum Gasteiger partial charge on any atom is 0.329 e. The maximum atomic E-state index is 11.0. The Morgan fingerprint density at radius 2 is 2.23 bits per heavy atom. The van der Waals surface area contributed by atoms with E-state index in [0.717, 1.165) is 0 Å². The number of carbonyl (C=O) groups is 1. The Hall–Kier alpha value is -1.63. The van der Waals surface area contributed by atoms with Crippen LogP contribution in [-0.4, -0.2) is 30.5 Å². The largest absolute Gasteiger partial charge is 0.477 e. The summed E-state index contributed by atoms with van der Waals surface area (Å²) in [5.41, 5.74) is 5.57. The number of esters is 1. The second-order valence-corrected chi connectivity index (χ2v) is 2.16. The summed E-state index contributed by atoms with van der Waals surface area (Å²) in [7, 11) is 2.59. The number of carbonyl (C=O) groups excluding carboxylic acids is 1.